The van der Waals surface area contributed by atoms with E-state index in [0.717, 1.165) is 16.8 Å². The van der Waals surface area contributed by atoms with Crippen LogP contribution in [-0.4, -0.2) is 0 Å². The van der Waals surface area contributed by atoms with E-state index in [2.05, 4.69) is 37.4 Å². The first-order valence-electron chi connectivity index (χ1n) is 6.59. The van der Waals surface area contributed by atoms with Gasteiger partial charge in [-0.25, -0.2) is 0 Å². The van der Waals surface area contributed by atoms with E-state index in [-0.39, 0.29) is 5.57 Å². The number of rotatable bonds is 3. The number of nitrogens with one attached hydrogen (secondary N) is 1. The van der Waals surface area contributed by atoms with Gasteiger partial charge in [-0.2, -0.15) is 10.5 Å². The Hall–Kier alpha value is -3.04. The Morgan fingerprint density at radius 2 is 1.71 bits per heavy atom. The average molecular weight is 273 g/mol. The summed E-state index contributed by atoms with van der Waals surface area (Å²) in [7, 11) is 0. The minimum atomic E-state index is 0.0462. The maximum atomic E-state index is 8.78. The van der Waals surface area contributed by atoms with E-state index in [9.17, 15) is 0 Å². The Morgan fingerprint density at radius 3 is 2.38 bits per heavy atom. The smallest absolute Gasteiger partial charge is 0.145 e. The van der Waals surface area contributed by atoms with E-state index in [1.165, 1.54) is 17.3 Å². The molecule has 3 nitrogen and oxygen atoms in total. The molecular formula is C18H15N3. The van der Waals surface area contributed by atoms with Crippen molar-refractivity contribution >= 4 is 5.69 Å². The van der Waals surface area contributed by atoms with Crippen molar-refractivity contribution in [3.63, 3.8) is 0 Å². The number of anilines is 1. The summed E-state index contributed by atoms with van der Waals surface area (Å²) < 4.78 is 0. The number of nitriles is 2. The molecule has 102 valence electrons. The van der Waals surface area contributed by atoms with E-state index in [1.807, 2.05) is 36.4 Å². The van der Waals surface area contributed by atoms with Crippen LogP contribution in [0.3, 0.4) is 0 Å². The van der Waals surface area contributed by atoms with Crippen molar-refractivity contribution in [3.05, 3.63) is 65.4 Å². The quantitative estimate of drug-likeness (QED) is 0.847. The van der Waals surface area contributed by atoms with Crippen LogP contribution in [-0.2, 0) is 0 Å². The predicted molar refractivity (Wildman–Crippen MR) is 84.3 cm³/mol. The van der Waals surface area contributed by atoms with Gasteiger partial charge in [0, 0.05) is 17.5 Å². The number of benzene rings is 2. The summed E-state index contributed by atoms with van der Waals surface area (Å²) in [5.74, 6) is 0. The zero-order valence-electron chi connectivity index (χ0n) is 12.0. The van der Waals surface area contributed by atoms with Gasteiger partial charge < -0.3 is 5.32 Å². The minimum absolute atomic E-state index is 0.0462. The number of nitrogens with zero attached hydrogens (tertiary/aromatic N) is 2. The first-order chi connectivity index (χ1) is 10.2. The molecule has 0 unspecified atom stereocenters. The Kier molecular flexibility index (Phi) is 4.39. The second-order valence-electron chi connectivity index (χ2n) is 4.77. The maximum Gasteiger partial charge on any atom is 0.145 e. The SMILES string of the molecule is Cc1ccc(-c2ccccc2NC=C(C#N)C#N)cc1C. The van der Waals surface area contributed by atoms with Crippen molar-refractivity contribution in [2.75, 3.05) is 5.32 Å². The van der Waals surface area contributed by atoms with Gasteiger partial charge in [-0.3, -0.25) is 0 Å². The second kappa shape index (κ2) is 6.41. The summed E-state index contributed by atoms with van der Waals surface area (Å²) >= 11 is 0. The van der Waals surface area contributed by atoms with E-state index in [0.29, 0.717) is 0 Å². The van der Waals surface area contributed by atoms with Crippen molar-refractivity contribution in [2.45, 2.75) is 13.8 Å². The van der Waals surface area contributed by atoms with Crippen LogP contribution in [0.15, 0.2) is 54.2 Å². The zero-order valence-corrected chi connectivity index (χ0v) is 12.0. The molecule has 0 aliphatic heterocycles. The molecule has 0 aliphatic carbocycles. The van der Waals surface area contributed by atoms with Gasteiger partial charge >= 0.3 is 0 Å². The third kappa shape index (κ3) is 3.29. The second-order valence-corrected chi connectivity index (χ2v) is 4.77. The minimum Gasteiger partial charge on any atom is -0.359 e. The highest BCUT2D eigenvalue weighted by Crippen LogP contribution is 2.29. The lowest BCUT2D eigenvalue weighted by Crippen LogP contribution is -1.93. The fourth-order valence-electron chi connectivity index (χ4n) is 2.01. The molecule has 3 heteroatoms. The Morgan fingerprint density at radius 1 is 1.00 bits per heavy atom. The van der Waals surface area contributed by atoms with Crippen molar-refractivity contribution in [1.29, 1.82) is 10.5 Å². The molecule has 0 aromatic heterocycles. The lowest BCUT2D eigenvalue weighted by molar-refractivity contribution is 1.34. The van der Waals surface area contributed by atoms with Crippen LogP contribution in [0.2, 0.25) is 0 Å². The number of hydrogen-bond donors (Lipinski definition) is 1. The van der Waals surface area contributed by atoms with Gasteiger partial charge in [-0.05, 0) is 36.6 Å². The number of aryl methyl sites for hydroxylation is 2. The summed E-state index contributed by atoms with van der Waals surface area (Å²) in [6, 6.07) is 17.8. The predicted octanol–water partition coefficient (Wildman–Crippen LogP) is 4.31. The van der Waals surface area contributed by atoms with Gasteiger partial charge in [0.1, 0.15) is 17.7 Å². The van der Waals surface area contributed by atoms with Gasteiger partial charge in [-0.15, -0.1) is 0 Å². The van der Waals surface area contributed by atoms with E-state index >= 15 is 0 Å². The molecule has 0 saturated carbocycles. The molecule has 0 amide bonds. The highest BCUT2D eigenvalue weighted by Gasteiger charge is 2.05. The molecule has 1 N–H and O–H groups in total. The molecule has 0 radical (unpaired) electrons. The molecule has 0 aliphatic rings. The molecule has 21 heavy (non-hydrogen) atoms. The fourth-order valence-corrected chi connectivity index (χ4v) is 2.01. The van der Waals surface area contributed by atoms with E-state index in [1.54, 1.807) is 0 Å². The Balaban J connectivity index is 2.42. The summed E-state index contributed by atoms with van der Waals surface area (Å²) in [6.07, 6.45) is 1.43. The summed E-state index contributed by atoms with van der Waals surface area (Å²) in [4.78, 5) is 0. The fraction of sp³-hybridized carbons (Fsp3) is 0.111. The van der Waals surface area contributed by atoms with Gasteiger partial charge in [0.05, 0.1) is 0 Å². The molecule has 0 saturated heterocycles. The van der Waals surface area contributed by atoms with Crippen LogP contribution in [0.5, 0.6) is 0 Å². The topological polar surface area (TPSA) is 59.6 Å². The van der Waals surface area contributed by atoms with Crippen LogP contribution in [0.1, 0.15) is 11.1 Å². The molecular weight excluding hydrogens is 258 g/mol. The number of hydrogen-bond acceptors (Lipinski definition) is 3. The maximum absolute atomic E-state index is 8.78. The first kappa shape index (κ1) is 14.4. The molecule has 2 rings (SSSR count). The van der Waals surface area contributed by atoms with E-state index < -0.39 is 0 Å². The molecule has 2 aromatic rings. The monoisotopic (exact) mass is 273 g/mol. The summed E-state index contributed by atoms with van der Waals surface area (Å²) in [5.41, 5.74) is 5.53. The standard InChI is InChI=1S/C18H15N3/c1-13-7-8-16(9-14(13)2)17-5-3-4-6-18(17)21-12-15(10-19)11-20/h3-9,12,21H,1-2H3. The van der Waals surface area contributed by atoms with Crippen LogP contribution < -0.4 is 5.32 Å². The van der Waals surface area contributed by atoms with Crippen LogP contribution in [0.25, 0.3) is 11.1 Å². The molecule has 2 aromatic carbocycles. The van der Waals surface area contributed by atoms with Crippen LogP contribution in [0, 0.1) is 36.5 Å². The third-order valence-electron chi connectivity index (χ3n) is 3.36. The molecule has 0 atom stereocenters. The highest BCUT2D eigenvalue weighted by molar-refractivity contribution is 5.79. The van der Waals surface area contributed by atoms with Crippen molar-refractivity contribution in [2.24, 2.45) is 0 Å². The number of para-hydroxylation sites is 1. The van der Waals surface area contributed by atoms with Crippen molar-refractivity contribution in [1.82, 2.24) is 0 Å². The van der Waals surface area contributed by atoms with Crippen LogP contribution >= 0.6 is 0 Å². The van der Waals surface area contributed by atoms with Gasteiger partial charge in [0.25, 0.3) is 0 Å². The molecule has 0 spiro atoms. The van der Waals surface area contributed by atoms with Crippen LogP contribution in [0.4, 0.5) is 5.69 Å². The highest BCUT2D eigenvalue weighted by atomic mass is 14.8. The van der Waals surface area contributed by atoms with E-state index in [4.69, 9.17) is 10.5 Å². The largest absolute Gasteiger partial charge is 0.359 e. The summed E-state index contributed by atoms with van der Waals surface area (Å²) in [5, 5.41) is 20.6. The molecule has 0 bridgehead atoms. The van der Waals surface area contributed by atoms with Gasteiger partial charge in [-0.1, -0.05) is 36.4 Å². The average Bonchev–Trinajstić information content (AvgIpc) is 2.51. The Bertz CT molecular complexity index is 758. The van der Waals surface area contributed by atoms with Crippen molar-refractivity contribution < 1.29 is 0 Å². The Labute approximate surface area is 124 Å². The lowest BCUT2D eigenvalue weighted by Gasteiger charge is -2.11. The first-order valence-corrected chi connectivity index (χ1v) is 6.59. The number of allylic oxidation sites excluding steroid dienone is 1. The van der Waals surface area contributed by atoms with Crippen molar-refractivity contribution in [3.8, 4) is 23.3 Å². The van der Waals surface area contributed by atoms with Gasteiger partial charge in [0.2, 0.25) is 0 Å². The molecule has 0 heterocycles. The van der Waals surface area contributed by atoms with Gasteiger partial charge in [0.15, 0.2) is 0 Å². The normalized spacial score (nSPS) is 9.33. The lowest BCUT2D eigenvalue weighted by atomic mass is 9.99. The zero-order chi connectivity index (χ0) is 15.2. The summed E-state index contributed by atoms with van der Waals surface area (Å²) in [6.45, 7) is 4.16. The third-order valence-corrected chi connectivity index (χ3v) is 3.36. The molecule has 0 fully saturated rings.